The number of fused-ring (bicyclic) bond motifs is 3. The Bertz CT molecular complexity index is 920. The smallest absolute Gasteiger partial charge is 0.358 e. The van der Waals surface area contributed by atoms with Gasteiger partial charge in [-0.25, -0.2) is 4.79 Å². The SMILES string of the molecule is COC(=O)c1ccc(N2CCc3[nH]c4c(Br)cccc4c3C2)nn1. The van der Waals surface area contributed by atoms with Gasteiger partial charge in [-0.3, -0.25) is 0 Å². The summed E-state index contributed by atoms with van der Waals surface area (Å²) in [7, 11) is 1.33. The third kappa shape index (κ3) is 2.45. The van der Waals surface area contributed by atoms with E-state index in [2.05, 4.69) is 46.8 Å². The van der Waals surface area contributed by atoms with Crippen LogP contribution in [-0.4, -0.2) is 34.8 Å². The van der Waals surface area contributed by atoms with Crippen molar-refractivity contribution in [2.24, 2.45) is 0 Å². The van der Waals surface area contributed by atoms with Gasteiger partial charge in [-0.05, 0) is 34.1 Å². The number of nitrogens with one attached hydrogen (secondary N) is 1. The topological polar surface area (TPSA) is 71.1 Å². The molecule has 4 rings (SSSR count). The highest BCUT2D eigenvalue weighted by Crippen LogP contribution is 2.32. The van der Waals surface area contributed by atoms with Crippen LogP contribution < -0.4 is 4.90 Å². The molecule has 1 N–H and O–H groups in total. The summed E-state index contributed by atoms with van der Waals surface area (Å²) in [5.74, 6) is 0.286. The standard InChI is InChI=1S/C17H15BrN4O2/c1-24-17(23)14-5-6-15(21-20-14)22-8-7-13-11(9-22)10-3-2-4-12(18)16(10)19-13/h2-6,19H,7-9H2,1H3. The lowest BCUT2D eigenvalue weighted by atomic mass is 10.0. The van der Waals surface area contributed by atoms with Crippen LogP contribution in [0.15, 0.2) is 34.8 Å². The summed E-state index contributed by atoms with van der Waals surface area (Å²) >= 11 is 3.60. The van der Waals surface area contributed by atoms with Crippen molar-refractivity contribution in [3.05, 3.63) is 51.8 Å². The van der Waals surface area contributed by atoms with Gasteiger partial charge in [0.1, 0.15) is 0 Å². The zero-order chi connectivity index (χ0) is 16.7. The molecule has 0 saturated carbocycles. The van der Waals surface area contributed by atoms with Gasteiger partial charge in [-0.1, -0.05) is 12.1 Å². The molecular weight excluding hydrogens is 372 g/mol. The normalized spacial score (nSPS) is 13.8. The summed E-state index contributed by atoms with van der Waals surface area (Å²) in [4.78, 5) is 17.1. The zero-order valence-corrected chi connectivity index (χ0v) is 14.6. The Hall–Kier alpha value is -2.41. The van der Waals surface area contributed by atoms with Crippen LogP contribution in [0.5, 0.6) is 0 Å². The molecule has 0 spiro atoms. The molecule has 0 bridgehead atoms. The molecule has 0 amide bonds. The maximum atomic E-state index is 11.5. The van der Waals surface area contributed by atoms with Gasteiger partial charge in [0, 0.05) is 40.6 Å². The van der Waals surface area contributed by atoms with E-state index >= 15 is 0 Å². The lowest BCUT2D eigenvalue weighted by molar-refractivity contribution is 0.0592. The Morgan fingerprint density at radius 1 is 1.29 bits per heavy atom. The van der Waals surface area contributed by atoms with E-state index < -0.39 is 5.97 Å². The number of hydrogen-bond acceptors (Lipinski definition) is 5. The molecule has 1 aromatic carbocycles. The summed E-state index contributed by atoms with van der Waals surface area (Å²) in [6.07, 6.45) is 0.914. The number of ether oxygens (including phenoxy) is 1. The monoisotopic (exact) mass is 386 g/mol. The molecule has 0 radical (unpaired) electrons. The molecule has 122 valence electrons. The van der Waals surface area contributed by atoms with E-state index in [-0.39, 0.29) is 5.69 Å². The molecule has 7 heteroatoms. The van der Waals surface area contributed by atoms with Crippen LogP contribution in [-0.2, 0) is 17.7 Å². The zero-order valence-electron chi connectivity index (χ0n) is 13.0. The van der Waals surface area contributed by atoms with Crippen LogP contribution in [0.25, 0.3) is 10.9 Å². The number of carbonyl (C=O) groups excluding carboxylic acids is 1. The number of halogens is 1. The third-order valence-electron chi connectivity index (χ3n) is 4.33. The first-order chi connectivity index (χ1) is 11.7. The van der Waals surface area contributed by atoms with Crippen molar-refractivity contribution in [3.8, 4) is 0 Å². The molecule has 0 fully saturated rings. The average molecular weight is 387 g/mol. The fraction of sp³-hybridized carbons (Fsp3) is 0.235. The number of hydrogen-bond donors (Lipinski definition) is 1. The van der Waals surface area contributed by atoms with Crippen LogP contribution in [0.3, 0.4) is 0 Å². The van der Waals surface area contributed by atoms with Crippen LogP contribution in [0, 0.1) is 0 Å². The molecule has 0 unspecified atom stereocenters. The second kappa shape index (κ2) is 5.90. The first kappa shape index (κ1) is 15.1. The van der Waals surface area contributed by atoms with Crippen molar-refractivity contribution in [3.63, 3.8) is 0 Å². The van der Waals surface area contributed by atoms with Crippen molar-refractivity contribution < 1.29 is 9.53 Å². The number of aromatic nitrogens is 3. The van der Waals surface area contributed by atoms with E-state index in [1.165, 1.54) is 23.8 Å². The van der Waals surface area contributed by atoms with Gasteiger partial charge in [-0.2, -0.15) is 0 Å². The molecule has 6 nitrogen and oxygen atoms in total. The number of benzene rings is 1. The summed E-state index contributed by atoms with van der Waals surface area (Å²) in [5.41, 5.74) is 3.91. The maximum Gasteiger partial charge on any atom is 0.358 e. The van der Waals surface area contributed by atoms with Crippen molar-refractivity contribution >= 4 is 38.6 Å². The number of methoxy groups -OCH3 is 1. The molecule has 3 heterocycles. The summed E-state index contributed by atoms with van der Waals surface area (Å²) in [6, 6.07) is 9.68. The van der Waals surface area contributed by atoms with E-state index in [1.54, 1.807) is 6.07 Å². The second-order valence-corrected chi connectivity index (χ2v) is 6.54. The second-order valence-electron chi connectivity index (χ2n) is 5.68. The highest BCUT2D eigenvalue weighted by Gasteiger charge is 2.22. The average Bonchev–Trinajstić information content (AvgIpc) is 3.00. The van der Waals surface area contributed by atoms with Crippen molar-refractivity contribution in [2.75, 3.05) is 18.6 Å². The Morgan fingerprint density at radius 2 is 2.17 bits per heavy atom. The molecular formula is C17H15BrN4O2. The number of H-pyrrole nitrogens is 1. The summed E-state index contributed by atoms with van der Waals surface area (Å²) in [5, 5.41) is 9.37. The van der Waals surface area contributed by atoms with E-state index in [0.29, 0.717) is 0 Å². The Balaban J connectivity index is 1.65. The molecule has 1 aliphatic rings. The van der Waals surface area contributed by atoms with E-state index in [9.17, 15) is 4.79 Å². The minimum Gasteiger partial charge on any atom is -0.464 e. The van der Waals surface area contributed by atoms with E-state index in [4.69, 9.17) is 0 Å². The number of rotatable bonds is 2. The predicted molar refractivity (Wildman–Crippen MR) is 94.1 cm³/mol. The number of aromatic amines is 1. The summed E-state index contributed by atoms with van der Waals surface area (Å²) < 4.78 is 5.73. The van der Waals surface area contributed by atoms with Crippen LogP contribution in [0.2, 0.25) is 0 Å². The molecule has 24 heavy (non-hydrogen) atoms. The Labute approximate surface area is 147 Å². The van der Waals surface area contributed by atoms with Crippen molar-refractivity contribution in [2.45, 2.75) is 13.0 Å². The number of carbonyl (C=O) groups is 1. The van der Waals surface area contributed by atoms with Crippen LogP contribution in [0.1, 0.15) is 21.7 Å². The molecule has 2 aromatic heterocycles. The first-order valence-electron chi connectivity index (χ1n) is 7.62. The summed E-state index contributed by atoms with van der Waals surface area (Å²) in [6.45, 7) is 1.61. The first-order valence-corrected chi connectivity index (χ1v) is 8.41. The van der Waals surface area contributed by atoms with Gasteiger partial charge in [0.05, 0.1) is 12.6 Å². The van der Waals surface area contributed by atoms with E-state index in [1.807, 2.05) is 18.2 Å². The molecule has 3 aromatic rings. The predicted octanol–water partition coefficient (Wildman–Crippen LogP) is 3.07. The molecule has 0 saturated heterocycles. The van der Waals surface area contributed by atoms with Gasteiger partial charge < -0.3 is 14.6 Å². The van der Waals surface area contributed by atoms with Gasteiger partial charge in [-0.15, -0.1) is 10.2 Å². The number of nitrogens with zero attached hydrogens (tertiary/aromatic N) is 3. The lowest BCUT2D eigenvalue weighted by Crippen LogP contribution is -2.31. The highest BCUT2D eigenvalue weighted by atomic mass is 79.9. The van der Waals surface area contributed by atoms with Gasteiger partial charge >= 0.3 is 5.97 Å². The highest BCUT2D eigenvalue weighted by molar-refractivity contribution is 9.10. The van der Waals surface area contributed by atoms with E-state index in [0.717, 1.165) is 35.3 Å². The van der Waals surface area contributed by atoms with Crippen molar-refractivity contribution in [1.29, 1.82) is 0 Å². The fourth-order valence-corrected chi connectivity index (χ4v) is 3.57. The largest absolute Gasteiger partial charge is 0.464 e. The Morgan fingerprint density at radius 3 is 2.92 bits per heavy atom. The maximum absolute atomic E-state index is 11.5. The van der Waals surface area contributed by atoms with Crippen molar-refractivity contribution in [1.82, 2.24) is 15.2 Å². The van der Waals surface area contributed by atoms with Crippen LogP contribution >= 0.6 is 15.9 Å². The fourth-order valence-electron chi connectivity index (χ4n) is 3.11. The minimum atomic E-state index is -0.476. The third-order valence-corrected chi connectivity index (χ3v) is 4.99. The van der Waals surface area contributed by atoms with Gasteiger partial charge in [0.2, 0.25) is 0 Å². The molecule has 1 aliphatic heterocycles. The van der Waals surface area contributed by atoms with Crippen LogP contribution in [0.4, 0.5) is 5.82 Å². The van der Waals surface area contributed by atoms with Gasteiger partial charge in [0.25, 0.3) is 0 Å². The lowest BCUT2D eigenvalue weighted by Gasteiger charge is -2.27. The quantitative estimate of drug-likeness (QED) is 0.685. The molecule has 0 aliphatic carbocycles. The van der Waals surface area contributed by atoms with Gasteiger partial charge in [0.15, 0.2) is 11.5 Å². The Kier molecular flexibility index (Phi) is 3.72. The number of esters is 1. The minimum absolute atomic E-state index is 0.218. The molecule has 0 atom stereocenters. The number of para-hydroxylation sites is 1. The number of anilines is 1.